The van der Waals surface area contributed by atoms with E-state index in [0.29, 0.717) is 5.56 Å². The lowest BCUT2D eigenvalue weighted by molar-refractivity contribution is -0.137. The van der Waals surface area contributed by atoms with Crippen molar-refractivity contribution in [1.29, 1.82) is 5.41 Å². The molecule has 2 rings (SSSR count). The summed E-state index contributed by atoms with van der Waals surface area (Å²) in [6.45, 7) is 0. The number of hydrogen-bond donors (Lipinski definition) is 3. The molecule has 0 aromatic heterocycles. The first-order chi connectivity index (χ1) is 11.3. The molecule has 3 N–H and O–H groups in total. The van der Waals surface area contributed by atoms with Crippen molar-refractivity contribution in [3.8, 4) is 0 Å². The Hall–Kier alpha value is -3.09. The van der Waals surface area contributed by atoms with Crippen LogP contribution in [0, 0.1) is 5.41 Å². The van der Waals surface area contributed by atoms with Gasteiger partial charge in [0.2, 0.25) is 0 Å². The van der Waals surface area contributed by atoms with E-state index in [1.54, 1.807) is 6.07 Å². The first-order valence-corrected chi connectivity index (χ1v) is 6.80. The van der Waals surface area contributed by atoms with Crippen molar-refractivity contribution in [3.63, 3.8) is 0 Å². The van der Waals surface area contributed by atoms with Crippen LogP contribution in [0.25, 0.3) is 0 Å². The Bertz CT molecular complexity index is 798. The maximum atomic E-state index is 12.6. The summed E-state index contributed by atoms with van der Waals surface area (Å²) in [5.74, 6) is -1.10. The van der Waals surface area contributed by atoms with Gasteiger partial charge >= 0.3 is 12.1 Å². The molecule has 24 heavy (non-hydrogen) atoms. The van der Waals surface area contributed by atoms with Gasteiger partial charge in [-0.1, -0.05) is 18.2 Å². The molecule has 0 atom stereocenters. The van der Waals surface area contributed by atoms with Crippen LogP contribution in [0.1, 0.15) is 21.5 Å². The summed E-state index contributed by atoms with van der Waals surface area (Å²) >= 11 is 0. The van der Waals surface area contributed by atoms with Crippen LogP contribution in [0.4, 0.5) is 18.9 Å². The number of carboxylic acid groups (broad SMARTS) is 1. The largest absolute Gasteiger partial charge is 0.478 e. The number of rotatable bonds is 5. The molecule has 0 heterocycles. The summed E-state index contributed by atoms with van der Waals surface area (Å²) in [6.07, 6.45) is -1.77. The minimum atomic E-state index is -4.43. The number of nitrogens with one attached hydrogen (secondary N) is 2. The quantitative estimate of drug-likeness (QED) is 0.710. The molecule has 0 saturated heterocycles. The number of hydrogen-bond acceptors (Lipinski definition) is 3. The second-order valence-corrected chi connectivity index (χ2v) is 4.86. The Labute approximate surface area is 135 Å². The van der Waals surface area contributed by atoms with E-state index in [1.807, 2.05) is 0 Å². The van der Waals surface area contributed by atoms with E-state index in [0.717, 1.165) is 12.1 Å². The van der Waals surface area contributed by atoms with Gasteiger partial charge in [0.1, 0.15) is 0 Å². The van der Waals surface area contributed by atoms with Gasteiger partial charge in [-0.25, -0.2) is 4.79 Å². The van der Waals surface area contributed by atoms with Crippen LogP contribution in [0.15, 0.2) is 60.8 Å². The van der Waals surface area contributed by atoms with E-state index in [-0.39, 0.29) is 17.0 Å². The fraction of sp³-hybridized carbons (Fsp3) is 0.0588. The molecule has 0 fully saturated rings. The Kier molecular flexibility index (Phi) is 5.03. The number of benzene rings is 2. The SMILES string of the molecule is N=C(/C=C\Nc1cccc(C(F)(F)F)c1)c1cccc(C(=O)O)c1. The van der Waals surface area contributed by atoms with Gasteiger partial charge in [-0.2, -0.15) is 13.2 Å². The van der Waals surface area contributed by atoms with Crippen molar-refractivity contribution >= 4 is 17.4 Å². The van der Waals surface area contributed by atoms with E-state index in [1.165, 1.54) is 42.6 Å². The highest BCUT2D eigenvalue weighted by Crippen LogP contribution is 2.30. The maximum absolute atomic E-state index is 12.6. The summed E-state index contributed by atoms with van der Waals surface area (Å²) in [5, 5.41) is 19.4. The Balaban J connectivity index is 2.08. The molecular weight excluding hydrogens is 321 g/mol. The minimum Gasteiger partial charge on any atom is -0.478 e. The number of carbonyl (C=O) groups is 1. The third-order valence-corrected chi connectivity index (χ3v) is 3.11. The molecular formula is C17H13F3N2O2. The first-order valence-electron chi connectivity index (χ1n) is 6.80. The molecule has 0 spiro atoms. The highest BCUT2D eigenvalue weighted by Gasteiger charge is 2.30. The average molecular weight is 334 g/mol. The van der Waals surface area contributed by atoms with Crippen molar-refractivity contribution in [3.05, 3.63) is 77.5 Å². The Morgan fingerprint density at radius 2 is 1.75 bits per heavy atom. The third-order valence-electron chi connectivity index (χ3n) is 3.11. The highest BCUT2D eigenvalue weighted by atomic mass is 19.4. The number of aromatic carboxylic acids is 1. The average Bonchev–Trinajstić information content (AvgIpc) is 2.54. The smallest absolute Gasteiger partial charge is 0.416 e. The highest BCUT2D eigenvalue weighted by molar-refractivity contribution is 6.07. The number of allylic oxidation sites excluding steroid dienone is 1. The van der Waals surface area contributed by atoms with Crippen molar-refractivity contribution in [2.75, 3.05) is 5.32 Å². The minimum absolute atomic E-state index is 0.0255. The van der Waals surface area contributed by atoms with Crippen LogP contribution in [0.3, 0.4) is 0 Å². The van der Waals surface area contributed by atoms with Crippen molar-refractivity contribution in [2.24, 2.45) is 0 Å². The summed E-state index contributed by atoms with van der Waals surface area (Å²) in [7, 11) is 0. The van der Waals surface area contributed by atoms with Crippen molar-refractivity contribution < 1.29 is 23.1 Å². The molecule has 2 aromatic carbocycles. The van der Waals surface area contributed by atoms with Crippen LogP contribution >= 0.6 is 0 Å². The molecule has 4 nitrogen and oxygen atoms in total. The predicted molar refractivity (Wildman–Crippen MR) is 84.4 cm³/mol. The summed E-state index contributed by atoms with van der Waals surface area (Å²) < 4.78 is 37.8. The molecule has 0 radical (unpaired) electrons. The van der Waals surface area contributed by atoms with Gasteiger partial charge < -0.3 is 15.8 Å². The summed E-state index contributed by atoms with van der Waals surface area (Å²) in [6, 6.07) is 10.5. The first kappa shape index (κ1) is 17.3. The van der Waals surface area contributed by atoms with Crippen LogP contribution < -0.4 is 5.32 Å². The number of halogens is 3. The van der Waals surface area contributed by atoms with Crippen molar-refractivity contribution in [1.82, 2.24) is 0 Å². The van der Waals surface area contributed by atoms with E-state index in [2.05, 4.69) is 5.32 Å². The van der Waals surface area contributed by atoms with E-state index < -0.39 is 17.7 Å². The van der Waals surface area contributed by atoms with Gasteiger partial charge in [0.25, 0.3) is 0 Å². The van der Waals surface area contributed by atoms with Gasteiger partial charge in [-0.3, -0.25) is 0 Å². The second-order valence-electron chi connectivity index (χ2n) is 4.86. The topological polar surface area (TPSA) is 73.2 Å². The zero-order valence-electron chi connectivity index (χ0n) is 12.3. The van der Waals surface area contributed by atoms with Gasteiger partial charge in [0, 0.05) is 17.5 Å². The van der Waals surface area contributed by atoms with Crippen molar-refractivity contribution in [2.45, 2.75) is 6.18 Å². The zero-order chi connectivity index (χ0) is 17.7. The zero-order valence-corrected chi connectivity index (χ0v) is 12.3. The summed E-state index contributed by atoms with van der Waals surface area (Å²) in [5.41, 5.74) is -0.0793. The fourth-order valence-electron chi connectivity index (χ4n) is 1.92. The van der Waals surface area contributed by atoms with Crippen LogP contribution in [0.5, 0.6) is 0 Å². The monoisotopic (exact) mass is 334 g/mol. The Morgan fingerprint density at radius 1 is 1.08 bits per heavy atom. The lowest BCUT2D eigenvalue weighted by atomic mass is 10.1. The van der Waals surface area contributed by atoms with E-state index in [9.17, 15) is 18.0 Å². The Morgan fingerprint density at radius 3 is 2.42 bits per heavy atom. The molecule has 0 aliphatic heterocycles. The standard InChI is InChI=1S/C17H13F3N2O2/c18-17(19,20)13-5-2-6-14(10-13)22-8-7-15(21)11-3-1-4-12(9-11)16(23)24/h1-10,21-22H,(H,23,24)/b8-7-,21-15?. The molecule has 7 heteroatoms. The van der Waals surface area contributed by atoms with E-state index >= 15 is 0 Å². The molecule has 124 valence electrons. The van der Waals surface area contributed by atoms with Gasteiger partial charge in [-0.15, -0.1) is 0 Å². The normalized spacial score (nSPS) is 11.5. The third kappa shape index (κ3) is 4.45. The second kappa shape index (κ2) is 6.99. The van der Waals surface area contributed by atoms with Crippen LogP contribution in [-0.4, -0.2) is 16.8 Å². The van der Waals surface area contributed by atoms with Gasteiger partial charge in [0.05, 0.1) is 16.8 Å². The number of carboxylic acids is 1. The maximum Gasteiger partial charge on any atom is 0.416 e. The van der Waals surface area contributed by atoms with Gasteiger partial charge in [0.15, 0.2) is 0 Å². The molecule has 0 amide bonds. The van der Waals surface area contributed by atoms with Gasteiger partial charge in [-0.05, 0) is 36.4 Å². The fourth-order valence-corrected chi connectivity index (χ4v) is 1.92. The number of alkyl halides is 3. The predicted octanol–water partition coefficient (Wildman–Crippen LogP) is 4.40. The molecule has 0 saturated carbocycles. The van der Waals surface area contributed by atoms with Crippen LogP contribution in [-0.2, 0) is 6.18 Å². The number of anilines is 1. The molecule has 0 aliphatic carbocycles. The molecule has 0 aliphatic rings. The molecule has 2 aromatic rings. The molecule has 0 unspecified atom stereocenters. The van der Waals surface area contributed by atoms with E-state index in [4.69, 9.17) is 10.5 Å². The lowest BCUT2D eigenvalue weighted by Crippen LogP contribution is -2.05. The lowest BCUT2D eigenvalue weighted by Gasteiger charge is -2.08. The summed E-state index contributed by atoms with van der Waals surface area (Å²) in [4.78, 5) is 10.9. The molecule has 0 bridgehead atoms. The van der Waals surface area contributed by atoms with Crippen LogP contribution in [0.2, 0.25) is 0 Å².